The summed E-state index contributed by atoms with van der Waals surface area (Å²) in [6, 6.07) is 0. The fraction of sp³-hybridized carbons (Fsp3) is 0.688. The van der Waals surface area contributed by atoms with Crippen molar-refractivity contribution in [3.63, 3.8) is 0 Å². The SMILES string of the molecule is CCOCCC(=O)N1CCC(c2nnc(Cn3cncn3)n2C)CC1. The summed E-state index contributed by atoms with van der Waals surface area (Å²) in [7, 11) is 1.99. The molecule has 1 saturated heterocycles. The van der Waals surface area contributed by atoms with Crippen LogP contribution in [0.1, 0.15) is 43.8 Å². The predicted octanol–water partition coefficient (Wildman–Crippen LogP) is 0.587. The molecule has 136 valence electrons. The number of ether oxygens (including phenoxy) is 1. The Kier molecular flexibility index (Phi) is 5.75. The molecule has 0 aromatic carbocycles. The second kappa shape index (κ2) is 8.19. The van der Waals surface area contributed by atoms with Gasteiger partial charge in [0, 0.05) is 32.7 Å². The van der Waals surface area contributed by atoms with E-state index in [1.807, 2.05) is 23.4 Å². The minimum absolute atomic E-state index is 0.178. The number of piperidine rings is 1. The van der Waals surface area contributed by atoms with E-state index in [0.29, 0.717) is 32.1 Å². The highest BCUT2D eigenvalue weighted by atomic mass is 16.5. The zero-order valence-electron chi connectivity index (χ0n) is 14.8. The first-order valence-electron chi connectivity index (χ1n) is 8.75. The first-order valence-corrected chi connectivity index (χ1v) is 8.75. The summed E-state index contributed by atoms with van der Waals surface area (Å²) in [5, 5.41) is 12.8. The van der Waals surface area contributed by atoms with E-state index in [2.05, 4.69) is 20.3 Å². The van der Waals surface area contributed by atoms with Crippen LogP contribution < -0.4 is 0 Å². The molecule has 0 bridgehead atoms. The molecule has 1 aliphatic heterocycles. The van der Waals surface area contributed by atoms with Gasteiger partial charge in [-0.3, -0.25) is 4.79 Å². The van der Waals surface area contributed by atoms with Gasteiger partial charge in [-0.1, -0.05) is 0 Å². The lowest BCUT2D eigenvalue weighted by molar-refractivity contribution is -0.133. The number of likely N-dealkylation sites (tertiary alicyclic amines) is 1. The van der Waals surface area contributed by atoms with Crippen molar-refractivity contribution in [3.8, 4) is 0 Å². The van der Waals surface area contributed by atoms with Gasteiger partial charge in [0.1, 0.15) is 25.0 Å². The molecule has 1 fully saturated rings. The molecule has 1 aliphatic rings. The van der Waals surface area contributed by atoms with Crippen LogP contribution in [-0.2, 0) is 23.1 Å². The van der Waals surface area contributed by atoms with Gasteiger partial charge in [0.2, 0.25) is 5.91 Å². The van der Waals surface area contributed by atoms with Crippen molar-refractivity contribution in [2.45, 2.75) is 38.6 Å². The summed E-state index contributed by atoms with van der Waals surface area (Å²) in [5.74, 6) is 2.35. The van der Waals surface area contributed by atoms with E-state index in [1.165, 1.54) is 6.33 Å². The van der Waals surface area contributed by atoms with Gasteiger partial charge in [0.25, 0.3) is 0 Å². The first-order chi connectivity index (χ1) is 12.2. The number of rotatable bonds is 7. The van der Waals surface area contributed by atoms with E-state index in [4.69, 9.17) is 4.74 Å². The monoisotopic (exact) mass is 347 g/mol. The Balaban J connectivity index is 1.54. The number of hydrogen-bond donors (Lipinski definition) is 0. The zero-order valence-corrected chi connectivity index (χ0v) is 14.8. The zero-order chi connectivity index (χ0) is 17.6. The maximum atomic E-state index is 12.2. The Morgan fingerprint density at radius 3 is 2.80 bits per heavy atom. The lowest BCUT2D eigenvalue weighted by Gasteiger charge is -2.31. The van der Waals surface area contributed by atoms with Crippen molar-refractivity contribution >= 4 is 5.91 Å². The molecule has 0 atom stereocenters. The van der Waals surface area contributed by atoms with Gasteiger partial charge in [-0.15, -0.1) is 10.2 Å². The minimum atomic E-state index is 0.178. The standard InChI is InChI=1S/C16H25N7O2/c1-3-25-9-6-15(24)22-7-4-13(5-8-22)16-20-19-14(21(16)2)10-23-12-17-11-18-23/h11-13H,3-10H2,1-2H3. The summed E-state index contributed by atoms with van der Waals surface area (Å²) < 4.78 is 9.04. The van der Waals surface area contributed by atoms with Crippen molar-refractivity contribution < 1.29 is 9.53 Å². The number of aromatic nitrogens is 6. The van der Waals surface area contributed by atoms with Crippen LogP contribution in [-0.4, -0.2) is 66.6 Å². The van der Waals surface area contributed by atoms with Gasteiger partial charge < -0.3 is 14.2 Å². The minimum Gasteiger partial charge on any atom is -0.381 e. The first kappa shape index (κ1) is 17.5. The largest absolute Gasteiger partial charge is 0.381 e. The second-order valence-corrected chi connectivity index (χ2v) is 6.23. The van der Waals surface area contributed by atoms with Gasteiger partial charge in [-0.05, 0) is 19.8 Å². The lowest BCUT2D eigenvalue weighted by Crippen LogP contribution is -2.38. The highest BCUT2D eigenvalue weighted by Crippen LogP contribution is 2.27. The summed E-state index contributed by atoms with van der Waals surface area (Å²) in [4.78, 5) is 18.0. The maximum absolute atomic E-state index is 12.2. The number of nitrogens with zero attached hydrogens (tertiary/aromatic N) is 7. The van der Waals surface area contributed by atoms with E-state index in [0.717, 1.165) is 37.6 Å². The summed E-state index contributed by atoms with van der Waals surface area (Å²) in [6.45, 7) is 5.18. The third kappa shape index (κ3) is 4.22. The van der Waals surface area contributed by atoms with E-state index < -0.39 is 0 Å². The number of carbonyl (C=O) groups excluding carboxylic acids is 1. The van der Waals surface area contributed by atoms with Crippen molar-refractivity contribution in [2.75, 3.05) is 26.3 Å². The van der Waals surface area contributed by atoms with Gasteiger partial charge >= 0.3 is 0 Å². The molecular weight excluding hydrogens is 322 g/mol. The van der Waals surface area contributed by atoms with Crippen molar-refractivity contribution in [1.29, 1.82) is 0 Å². The second-order valence-electron chi connectivity index (χ2n) is 6.23. The Morgan fingerprint density at radius 1 is 1.32 bits per heavy atom. The molecule has 0 unspecified atom stereocenters. The van der Waals surface area contributed by atoms with Crippen molar-refractivity contribution in [3.05, 3.63) is 24.3 Å². The normalized spacial score (nSPS) is 15.7. The molecule has 2 aromatic rings. The Morgan fingerprint density at radius 2 is 2.12 bits per heavy atom. The molecule has 0 aliphatic carbocycles. The molecule has 0 radical (unpaired) electrons. The number of amides is 1. The Labute approximate surface area is 147 Å². The molecular formula is C16H25N7O2. The quantitative estimate of drug-likeness (QED) is 0.681. The highest BCUT2D eigenvalue weighted by molar-refractivity contribution is 5.76. The van der Waals surface area contributed by atoms with E-state index in [9.17, 15) is 4.79 Å². The van der Waals surface area contributed by atoms with Crippen LogP contribution in [0.15, 0.2) is 12.7 Å². The van der Waals surface area contributed by atoms with Crippen molar-refractivity contribution in [1.82, 2.24) is 34.4 Å². The van der Waals surface area contributed by atoms with Crippen LogP contribution in [0, 0.1) is 0 Å². The van der Waals surface area contributed by atoms with E-state index in [1.54, 1.807) is 11.0 Å². The molecule has 9 nitrogen and oxygen atoms in total. The fourth-order valence-corrected chi connectivity index (χ4v) is 3.18. The number of carbonyl (C=O) groups is 1. The van der Waals surface area contributed by atoms with Gasteiger partial charge in [0.15, 0.2) is 5.82 Å². The van der Waals surface area contributed by atoms with Crippen LogP contribution in [0.5, 0.6) is 0 Å². The van der Waals surface area contributed by atoms with Crippen LogP contribution in [0.3, 0.4) is 0 Å². The summed E-state index contributed by atoms with van der Waals surface area (Å²) in [5.41, 5.74) is 0. The average molecular weight is 347 g/mol. The van der Waals surface area contributed by atoms with Crippen LogP contribution >= 0.6 is 0 Å². The average Bonchev–Trinajstić information content (AvgIpc) is 3.26. The van der Waals surface area contributed by atoms with Crippen molar-refractivity contribution in [2.24, 2.45) is 7.05 Å². The Bertz CT molecular complexity index is 675. The van der Waals surface area contributed by atoms with Crippen LogP contribution in [0.4, 0.5) is 0 Å². The smallest absolute Gasteiger partial charge is 0.224 e. The fourth-order valence-electron chi connectivity index (χ4n) is 3.18. The summed E-state index contributed by atoms with van der Waals surface area (Å²) >= 11 is 0. The van der Waals surface area contributed by atoms with Crippen LogP contribution in [0.2, 0.25) is 0 Å². The predicted molar refractivity (Wildman–Crippen MR) is 89.8 cm³/mol. The van der Waals surface area contributed by atoms with Gasteiger partial charge in [-0.2, -0.15) is 5.10 Å². The third-order valence-electron chi connectivity index (χ3n) is 4.65. The van der Waals surface area contributed by atoms with Gasteiger partial charge in [-0.25, -0.2) is 9.67 Å². The highest BCUT2D eigenvalue weighted by Gasteiger charge is 2.27. The van der Waals surface area contributed by atoms with Crippen LogP contribution in [0.25, 0.3) is 0 Å². The number of hydrogen-bond acceptors (Lipinski definition) is 6. The molecule has 0 spiro atoms. The topological polar surface area (TPSA) is 91.0 Å². The van der Waals surface area contributed by atoms with Gasteiger partial charge in [0.05, 0.1) is 13.0 Å². The lowest BCUT2D eigenvalue weighted by atomic mass is 9.95. The summed E-state index contributed by atoms with van der Waals surface area (Å²) in [6.07, 6.45) is 5.46. The molecule has 1 amide bonds. The third-order valence-corrected chi connectivity index (χ3v) is 4.65. The molecule has 25 heavy (non-hydrogen) atoms. The van der Waals surface area contributed by atoms with E-state index >= 15 is 0 Å². The van der Waals surface area contributed by atoms with E-state index in [-0.39, 0.29) is 5.91 Å². The molecule has 0 N–H and O–H groups in total. The maximum Gasteiger partial charge on any atom is 0.224 e. The molecule has 3 rings (SSSR count). The molecule has 2 aromatic heterocycles. The molecule has 0 saturated carbocycles. The molecule has 3 heterocycles. The Hall–Kier alpha value is -2.29. The molecule has 9 heteroatoms.